The van der Waals surface area contributed by atoms with Crippen molar-refractivity contribution in [2.24, 2.45) is 0 Å². The van der Waals surface area contributed by atoms with Crippen LogP contribution in [-0.4, -0.2) is 40.1 Å². The number of anilines is 3. The van der Waals surface area contributed by atoms with Gasteiger partial charge in [0.15, 0.2) is 0 Å². The minimum Gasteiger partial charge on any atom is -0.393 e. The fraction of sp³-hybridized carbons (Fsp3) is 0.286. The van der Waals surface area contributed by atoms with Crippen molar-refractivity contribution in [1.29, 1.82) is 0 Å². The molecule has 2 unspecified atom stereocenters. The fourth-order valence-corrected chi connectivity index (χ4v) is 2.55. The molecule has 154 valence electrons. The predicted molar refractivity (Wildman–Crippen MR) is 111 cm³/mol. The van der Waals surface area contributed by atoms with Crippen LogP contribution in [0.15, 0.2) is 48.5 Å². The highest BCUT2D eigenvalue weighted by molar-refractivity contribution is 6.07. The molecule has 2 aromatic rings. The first-order chi connectivity index (χ1) is 13.7. The molecule has 2 atom stereocenters. The molecule has 8 nitrogen and oxygen atoms in total. The maximum absolute atomic E-state index is 12.5. The van der Waals surface area contributed by atoms with Crippen molar-refractivity contribution >= 4 is 34.8 Å². The smallest absolute Gasteiger partial charge is 0.255 e. The van der Waals surface area contributed by atoms with Crippen molar-refractivity contribution in [3.63, 3.8) is 0 Å². The standard InChI is InChI=1S/C21H25N3O5/c1-13(25)11-19(27)22-16-9-7-15(8-10-16)21(29)24-18-6-4-3-5-17(18)23-20(28)12-14(2)26/h3-10,13-14,25-26H,11-12H2,1-2H3,(H,22,27)(H,23,28)(H,24,29). The molecule has 0 fully saturated rings. The number of hydrogen-bond donors (Lipinski definition) is 5. The highest BCUT2D eigenvalue weighted by atomic mass is 16.3. The van der Waals surface area contributed by atoms with Crippen molar-refractivity contribution in [3.05, 3.63) is 54.1 Å². The van der Waals surface area contributed by atoms with Gasteiger partial charge in [0.05, 0.1) is 36.4 Å². The molecular weight excluding hydrogens is 374 g/mol. The molecule has 2 rings (SSSR count). The van der Waals surface area contributed by atoms with Crippen LogP contribution >= 0.6 is 0 Å². The van der Waals surface area contributed by atoms with Crippen molar-refractivity contribution in [2.75, 3.05) is 16.0 Å². The molecule has 0 aliphatic rings. The lowest BCUT2D eigenvalue weighted by Gasteiger charge is -2.13. The number of aliphatic hydroxyl groups is 2. The number of carbonyl (C=O) groups excluding carboxylic acids is 3. The summed E-state index contributed by atoms with van der Waals surface area (Å²) in [5.41, 5.74) is 1.72. The number of carbonyl (C=O) groups is 3. The summed E-state index contributed by atoms with van der Waals surface area (Å²) in [4.78, 5) is 36.1. The van der Waals surface area contributed by atoms with Gasteiger partial charge in [-0.1, -0.05) is 12.1 Å². The normalized spacial score (nSPS) is 12.6. The van der Waals surface area contributed by atoms with Crippen LogP contribution in [-0.2, 0) is 9.59 Å². The van der Waals surface area contributed by atoms with E-state index in [1.807, 2.05) is 0 Å². The van der Waals surface area contributed by atoms with Crippen LogP contribution < -0.4 is 16.0 Å². The lowest BCUT2D eigenvalue weighted by molar-refractivity contribution is -0.118. The summed E-state index contributed by atoms with van der Waals surface area (Å²) < 4.78 is 0. The number of hydrogen-bond acceptors (Lipinski definition) is 5. The van der Waals surface area contributed by atoms with Gasteiger partial charge in [0.25, 0.3) is 5.91 Å². The second-order valence-electron chi connectivity index (χ2n) is 6.78. The Kier molecular flexibility index (Phi) is 7.88. The minimum absolute atomic E-state index is 0.0141. The summed E-state index contributed by atoms with van der Waals surface area (Å²) in [5, 5.41) is 26.6. The molecule has 0 saturated heterocycles. The van der Waals surface area contributed by atoms with Crippen LogP contribution in [0.1, 0.15) is 37.0 Å². The Balaban J connectivity index is 2.03. The van der Waals surface area contributed by atoms with Crippen molar-refractivity contribution in [3.8, 4) is 0 Å². The SMILES string of the molecule is CC(O)CC(=O)Nc1ccc(C(=O)Nc2ccccc2NC(=O)CC(C)O)cc1. The summed E-state index contributed by atoms with van der Waals surface area (Å²) >= 11 is 0. The van der Waals surface area contributed by atoms with E-state index in [1.165, 1.54) is 13.8 Å². The zero-order valence-electron chi connectivity index (χ0n) is 16.3. The summed E-state index contributed by atoms with van der Waals surface area (Å²) in [6.45, 7) is 3.04. The van der Waals surface area contributed by atoms with Gasteiger partial charge in [0.1, 0.15) is 0 Å². The van der Waals surface area contributed by atoms with Gasteiger partial charge in [-0.25, -0.2) is 0 Å². The van der Waals surface area contributed by atoms with Crippen LogP contribution in [0.5, 0.6) is 0 Å². The van der Waals surface area contributed by atoms with Crippen molar-refractivity contribution in [2.45, 2.75) is 38.9 Å². The molecule has 29 heavy (non-hydrogen) atoms. The Morgan fingerprint density at radius 1 is 0.759 bits per heavy atom. The summed E-state index contributed by atoms with van der Waals surface area (Å²) in [6.07, 6.45) is -1.57. The van der Waals surface area contributed by atoms with E-state index in [-0.39, 0.29) is 30.6 Å². The highest BCUT2D eigenvalue weighted by Gasteiger charge is 2.13. The molecule has 5 N–H and O–H groups in total. The molecule has 0 saturated carbocycles. The monoisotopic (exact) mass is 399 g/mol. The topological polar surface area (TPSA) is 128 Å². The highest BCUT2D eigenvalue weighted by Crippen LogP contribution is 2.22. The molecule has 0 aliphatic heterocycles. The van der Waals surface area contributed by atoms with Gasteiger partial charge in [-0.15, -0.1) is 0 Å². The van der Waals surface area contributed by atoms with Gasteiger partial charge >= 0.3 is 0 Å². The molecular formula is C21H25N3O5. The van der Waals surface area contributed by atoms with E-state index in [4.69, 9.17) is 0 Å². The van der Waals surface area contributed by atoms with E-state index >= 15 is 0 Å². The molecule has 0 heterocycles. The first-order valence-corrected chi connectivity index (χ1v) is 9.21. The lowest BCUT2D eigenvalue weighted by Crippen LogP contribution is -2.19. The summed E-state index contributed by atoms with van der Waals surface area (Å²) in [7, 11) is 0. The number of nitrogens with one attached hydrogen (secondary N) is 3. The Morgan fingerprint density at radius 2 is 1.24 bits per heavy atom. The molecule has 0 bridgehead atoms. The Labute approximate surface area is 168 Å². The molecule has 0 radical (unpaired) electrons. The third kappa shape index (κ3) is 7.36. The minimum atomic E-state index is -0.767. The number of amides is 3. The fourth-order valence-electron chi connectivity index (χ4n) is 2.55. The van der Waals surface area contributed by atoms with Gasteiger partial charge in [-0.3, -0.25) is 14.4 Å². The van der Waals surface area contributed by atoms with Gasteiger partial charge in [-0.05, 0) is 50.2 Å². The van der Waals surface area contributed by atoms with E-state index in [1.54, 1.807) is 48.5 Å². The number of aliphatic hydroxyl groups excluding tert-OH is 2. The molecule has 0 spiro atoms. The van der Waals surface area contributed by atoms with Gasteiger partial charge in [0, 0.05) is 11.3 Å². The molecule has 8 heteroatoms. The van der Waals surface area contributed by atoms with E-state index < -0.39 is 12.2 Å². The van der Waals surface area contributed by atoms with E-state index in [0.717, 1.165) is 0 Å². The number of para-hydroxylation sites is 2. The molecule has 2 aromatic carbocycles. The molecule has 3 amide bonds. The third-order valence-electron chi connectivity index (χ3n) is 3.84. The quantitative estimate of drug-likeness (QED) is 0.466. The Hall–Kier alpha value is -3.23. The molecule has 0 aromatic heterocycles. The summed E-state index contributed by atoms with van der Waals surface area (Å²) in [5.74, 6) is -1.07. The van der Waals surface area contributed by atoms with Gasteiger partial charge in [-0.2, -0.15) is 0 Å². The van der Waals surface area contributed by atoms with Crippen molar-refractivity contribution in [1.82, 2.24) is 0 Å². The zero-order chi connectivity index (χ0) is 21.4. The Bertz CT molecular complexity index is 863. The first kappa shape index (κ1) is 22.1. The summed E-state index contributed by atoms with van der Waals surface area (Å²) in [6, 6.07) is 13.0. The van der Waals surface area contributed by atoms with Crippen LogP contribution in [0.25, 0.3) is 0 Å². The van der Waals surface area contributed by atoms with Crippen LogP contribution in [0.4, 0.5) is 17.1 Å². The maximum Gasteiger partial charge on any atom is 0.255 e. The van der Waals surface area contributed by atoms with Gasteiger partial charge < -0.3 is 26.2 Å². The average Bonchev–Trinajstić information content (AvgIpc) is 2.62. The van der Waals surface area contributed by atoms with Crippen LogP contribution in [0, 0.1) is 0 Å². The van der Waals surface area contributed by atoms with Crippen LogP contribution in [0.2, 0.25) is 0 Å². The van der Waals surface area contributed by atoms with Gasteiger partial charge in [0.2, 0.25) is 11.8 Å². The first-order valence-electron chi connectivity index (χ1n) is 9.21. The second kappa shape index (κ2) is 10.4. The maximum atomic E-state index is 12.5. The number of rotatable bonds is 8. The van der Waals surface area contributed by atoms with Crippen molar-refractivity contribution < 1.29 is 24.6 Å². The van der Waals surface area contributed by atoms with E-state index in [9.17, 15) is 24.6 Å². The largest absolute Gasteiger partial charge is 0.393 e. The van der Waals surface area contributed by atoms with E-state index in [0.29, 0.717) is 22.6 Å². The van der Waals surface area contributed by atoms with E-state index in [2.05, 4.69) is 16.0 Å². The molecule has 0 aliphatic carbocycles. The second-order valence-corrected chi connectivity index (χ2v) is 6.78. The zero-order valence-corrected chi connectivity index (χ0v) is 16.3. The Morgan fingerprint density at radius 3 is 1.76 bits per heavy atom. The lowest BCUT2D eigenvalue weighted by atomic mass is 10.1. The third-order valence-corrected chi connectivity index (χ3v) is 3.84. The predicted octanol–water partition coefficient (Wildman–Crippen LogP) is 2.36. The van der Waals surface area contributed by atoms with Crippen LogP contribution in [0.3, 0.4) is 0 Å². The average molecular weight is 399 g/mol. The number of benzene rings is 2.